The van der Waals surface area contributed by atoms with Crippen LogP contribution in [-0.4, -0.2) is 0 Å². The SMILES string of the molecule is CC1(C)c2cc(-c3ccc4ccccc4c3)ccc2-c2ccc(C(c3ccc(-c4ccc(-c5ccccc5)cc4)cc3)c3ccc(-c4ccc5c(c4)oc4ccccc45)cc3)cc21. The number of hydrogen-bond acceptors (Lipinski definition) is 1. The van der Waals surface area contributed by atoms with E-state index in [4.69, 9.17) is 4.42 Å². The Bertz CT molecular complexity index is 3500. The van der Waals surface area contributed by atoms with Crippen LogP contribution in [0.3, 0.4) is 0 Å². The summed E-state index contributed by atoms with van der Waals surface area (Å²) in [5, 5.41) is 4.83. The van der Waals surface area contributed by atoms with Gasteiger partial charge in [0.05, 0.1) is 0 Å². The van der Waals surface area contributed by atoms with E-state index in [1.807, 2.05) is 12.1 Å². The highest BCUT2D eigenvalue weighted by Crippen LogP contribution is 2.51. The minimum Gasteiger partial charge on any atom is -0.456 e. The molecule has 0 bridgehead atoms. The third kappa shape index (κ3) is 6.39. The van der Waals surface area contributed by atoms with Crippen LogP contribution in [0, 0.1) is 0 Å². The van der Waals surface area contributed by atoms with Crippen LogP contribution in [0.5, 0.6) is 0 Å². The molecule has 0 amide bonds. The van der Waals surface area contributed by atoms with Gasteiger partial charge in [-0.2, -0.15) is 0 Å². The van der Waals surface area contributed by atoms with E-state index < -0.39 is 0 Å². The summed E-state index contributed by atoms with van der Waals surface area (Å²) < 4.78 is 6.28. The lowest BCUT2D eigenvalue weighted by molar-refractivity contribution is 0.659. The molecule has 63 heavy (non-hydrogen) atoms. The summed E-state index contributed by atoms with van der Waals surface area (Å²) in [5.41, 5.74) is 20.6. The zero-order chi connectivity index (χ0) is 42.1. The largest absolute Gasteiger partial charge is 0.456 e. The second kappa shape index (κ2) is 14.7. The molecule has 1 heterocycles. The summed E-state index contributed by atoms with van der Waals surface area (Å²) in [5.74, 6) is 0.0318. The molecule has 0 N–H and O–H groups in total. The molecule has 1 heteroatoms. The highest BCUT2D eigenvalue weighted by molar-refractivity contribution is 6.06. The van der Waals surface area contributed by atoms with E-state index in [-0.39, 0.29) is 11.3 Å². The topological polar surface area (TPSA) is 13.1 Å². The van der Waals surface area contributed by atoms with Gasteiger partial charge in [0.2, 0.25) is 0 Å². The molecule has 298 valence electrons. The highest BCUT2D eigenvalue weighted by atomic mass is 16.3. The Balaban J connectivity index is 0.917. The van der Waals surface area contributed by atoms with Crippen LogP contribution in [-0.2, 0) is 5.41 Å². The van der Waals surface area contributed by atoms with Crippen molar-refractivity contribution in [1.29, 1.82) is 0 Å². The zero-order valence-corrected chi connectivity index (χ0v) is 35.3. The van der Waals surface area contributed by atoms with Crippen molar-refractivity contribution in [3.8, 4) is 55.6 Å². The first-order valence-electron chi connectivity index (χ1n) is 22.0. The van der Waals surface area contributed by atoms with Crippen LogP contribution in [0.15, 0.2) is 229 Å². The Morgan fingerprint density at radius 3 is 1.49 bits per heavy atom. The number of rotatable bonds is 7. The maximum atomic E-state index is 6.28. The molecular weight excluding hydrogens is 761 g/mol. The minimum absolute atomic E-state index is 0.0318. The Labute approximate surface area is 368 Å². The number of para-hydroxylation sites is 1. The minimum atomic E-state index is -0.174. The number of hydrogen-bond donors (Lipinski definition) is 0. The third-order valence-corrected chi connectivity index (χ3v) is 13.6. The summed E-state index contributed by atoms with van der Waals surface area (Å²) in [7, 11) is 0. The number of fused-ring (bicyclic) bond motifs is 7. The standard InChI is InChI=1S/C62H44O/c1-62(2)57-37-50(49-29-24-41-12-6-7-13-48(41)36-49)30-33-53(57)54-34-32-52(38-58(54)62)61(46-25-20-44(21-26-46)43-18-16-42(17-19-43)40-10-4-3-5-11-40)47-27-22-45(23-28-47)51-31-35-56-55-14-8-9-15-59(55)63-60(56)39-51/h3-39,61H,1-2H3. The predicted molar refractivity (Wildman–Crippen MR) is 264 cm³/mol. The Morgan fingerprint density at radius 1 is 0.317 bits per heavy atom. The van der Waals surface area contributed by atoms with Crippen molar-refractivity contribution in [2.24, 2.45) is 0 Å². The van der Waals surface area contributed by atoms with Gasteiger partial charge in [0.1, 0.15) is 11.2 Å². The first kappa shape index (κ1) is 37.1. The zero-order valence-electron chi connectivity index (χ0n) is 35.3. The van der Waals surface area contributed by atoms with Crippen LogP contribution in [0.1, 0.15) is 47.6 Å². The van der Waals surface area contributed by atoms with Crippen molar-refractivity contribution in [2.75, 3.05) is 0 Å². The third-order valence-electron chi connectivity index (χ3n) is 13.6. The highest BCUT2D eigenvalue weighted by Gasteiger charge is 2.36. The van der Waals surface area contributed by atoms with E-state index in [0.717, 1.165) is 27.5 Å². The van der Waals surface area contributed by atoms with Gasteiger partial charge in [-0.15, -0.1) is 0 Å². The molecule has 0 fully saturated rings. The normalized spacial score (nSPS) is 13.3. The maximum absolute atomic E-state index is 6.28. The van der Waals surface area contributed by atoms with Crippen LogP contribution in [0.2, 0.25) is 0 Å². The molecule has 12 rings (SSSR count). The van der Waals surface area contributed by atoms with Gasteiger partial charge in [-0.3, -0.25) is 0 Å². The molecule has 0 spiro atoms. The van der Waals surface area contributed by atoms with Crippen molar-refractivity contribution in [3.05, 3.63) is 252 Å². The average Bonchev–Trinajstić information content (AvgIpc) is 3.83. The van der Waals surface area contributed by atoms with Crippen LogP contribution in [0.4, 0.5) is 0 Å². The smallest absolute Gasteiger partial charge is 0.136 e. The van der Waals surface area contributed by atoms with Gasteiger partial charge in [0.25, 0.3) is 0 Å². The van der Waals surface area contributed by atoms with Gasteiger partial charge in [0, 0.05) is 22.1 Å². The molecule has 1 aromatic heterocycles. The lowest BCUT2D eigenvalue weighted by Gasteiger charge is -2.25. The second-order valence-electron chi connectivity index (χ2n) is 17.7. The Morgan fingerprint density at radius 2 is 0.778 bits per heavy atom. The van der Waals surface area contributed by atoms with Gasteiger partial charge < -0.3 is 4.42 Å². The van der Waals surface area contributed by atoms with Gasteiger partial charge in [-0.1, -0.05) is 208 Å². The number of furan rings is 1. The molecule has 1 atom stereocenters. The molecular formula is C62H44O. The van der Waals surface area contributed by atoms with Crippen molar-refractivity contribution in [2.45, 2.75) is 25.2 Å². The quantitative estimate of drug-likeness (QED) is 0.146. The molecule has 0 saturated carbocycles. The summed E-state index contributed by atoms with van der Waals surface area (Å²) >= 11 is 0. The van der Waals surface area contributed by atoms with Crippen molar-refractivity contribution in [1.82, 2.24) is 0 Å². The fourth-order valence-corrected chi connectivity index (χ4v) is 10.2. The van der Waals surface area contributed by atoms with E-state index in [9.17, 15) is 0 Å². The maximum Gasteiger partial charge on any atom is 0.136 e. The molecule has 0 saturated heterocycles. The van der Waals surface area contributed by atoms with Gasteiger partial charge in [0.15, 0.2) is 0 Å². The molecule has 0 aliphatic heterocycles. The fourth-order valence-electron chi connectivity index (χ4n) is 10.2. The number of benzene rings is 10. The monoisotopic (exact) mass is 804 g/mol. The molecule has 1 nitrogen and oxygen atoms in total. The molecule has 1 aliphatic rings. The van der Waals surface area contributed by atoms with Gasteiger partial charge in [-0.05, 0) is 125 Å². The fraction of sp³-hybridized carbons (Fsp3) is 0.0645. The van der Waals surface area contributed by atoms with Gasteiger partial charge in [-0.25, -0.2) is 0 Å². The van der Waals surface area contributed by atoms with Crippen LogP contribution >= 0.6 is 0 Å². The van der Waals surface area contributed by atoms with Crippen LogP contribution < -0.4 is 0 Å². The van der Waals surface area contributed by atoms with E-state index in [0.29, 0.717) is 0 Å². The average molecular weight is 805 g/mol. The van der Waals surface area contributed by atoms with E-state index in [1.54, 1.807) is 0 Å². The summed E-state index contributed by atoms with van der Waals surface area (Å²) in [4.78, 5) is 0. The molecule has 10 aromatic carbocycles. The summed E-state index contributed by atoms with van der Waals surface area (Å²) in [6, 6.07) is 82.6. The Hall–Kier alpha value is -7.74. The first-order valence-corrected chi connectivity index (χ1v) is 22.0. The molecule has 1 unspecified atom stereocenters. The van der Waals surface area contributed by atoms with Gasteiger partial charge >= 0.3 is 0 Å². The second-order valence-corrected chi connectivity index (χ2v) is 17.7. The Kier molecular flexibility index (Phi) is 8.66. The van der Waals surface area contributed by atoms with Crippen LogP contribution in [0.25, 0.3) is 88.3 Å². The lowest BCUT2D eigenvalue weighted by atomic mass is 9.78. The first-order chi connectivity index (χ1) is 30.9. The van der Waals surface area contributed by atoms with E-state index in [2.05, 4.69) is 226 Å². The molecule has 11 aromatic rings. The lowest BCUT2D eigenvalue weighted by Crippen LogP contribution is -2.16. The van der Waals surface area contributed by atoms with Crippen molar-refractivity contribution in [3.63, 3.8) is 0 Å². The van der Waals surface area contributed by atoms with Crippen molar-refractivity contribution >= 4 is 32.7 Å². The predicted octanol–water partition coefficient (Wildman–Crippen LogP) is 16.9. The summed E-state index contributed by atoms with van der Waals surface area (Å²) in [6.07, 6.45) is 0. The van der Waals surface area contributed by atoms with E-state index in [1.165, 1.54) is 88.7 Å². The molecule has 1 aliphatic carbocycles. The summed E-state index contributed by atoms with van der Waals surface area (Å²) in [6.45, 7) is 4.79. The van der Waals surface area contributed by atoms with E-state index >= 15 is 0 Å². The molecule has 0 radical (unpaired) electrons. The van der Waals surface area contributed by atoms with Crippen molar-refractivity contribution < 1.29 is 4.42 Å².